The number of carbonyl (C=O) groups is 2. The van der Waals surface area contributed by atoms with Crippen molar-refractivity contribution in [2.45, 2.75) is 32.1 Å². The van der Waals surface area contributed by atoms with E-state index in [1.165, 1.54) is 0 Å². The molecular weight excluding hydrogens is 468 g/mol. The maximum Gasteiger partial charge on any atom is 0.273 e. The van der Waals surface area contributed by atoms with Crippen molar-refractivity contribution in [3.63, 3.8) is 0 Å². The first-order valence-electron chi connectivity index (χ1n) is 10.9. The van der Waals surface area contributed by atoms with Crippen molar-refractivity contribution < 1.29 is 9.59 Å². The van der Waals surface area contributed by atoms with Gasteiger partial charge in [-0.25, -0.2) is 0 Å². The van der Waals surface area contributed by atoms with E-state index in [0.717, 1.165) is 21.7 Å². The quantitative estimate of drug-likeness (QED) is 0.413. The fourth-order valence-corrected chi connectivity index (χ4v) is 5.11. The molecular formula is C26H23ClN4O2S. The van der Waals surface area contributed by atoms with Crippen LogP contribution in [0.15, 0.2) is 78.2 Å². The van der Waals surface area contributed by atoms with Crippen molar-refractivity contribution in [3.8, 4) is 10.6 Å². The standard InChI is InChI=1S/C26H23ClN4O2S/c1-26(25(33)28-15-18-7-3-2-4-8-18)17-31-22(14-21(29-31)23-11-6-12-34-23)24(32)30(26)16-19-9-5-10-20(27)13-19/h2-14H,15-17H2,1H3,(H,28,33)/t26-/m1/s1. The molecule has 1 aliphatic heterocycles. The third kappa shape index (κ3) is 4.24. The van der Waals surface area contributed by atoms with Crippen LogP contribution in [0, 0.1) is 0 Å². The lowest BCUT2D eigenvalue weighted by molar-refractivity contribution is -0.133. The Kier molecular flexibility index (Phi) is 5.98. The predicted octanol–water partition coefficient (Wildman–Crippen LogP) is 5.00. The van der Waals surface area contributed by atoms with Gasteiger partial charge in [0.1, 0.15) is 16.9 Å². The fraction of sp³-hybridized carbons (Fsp3) is 0.192. The molecule has 34 heavy (non-hydrogen) atoms. The first kappa shape index (κ1) is 22.4. The Balaban J connectivity index is 1.50. The topological polar surface area (TPSA) is 67.2 Å². The number of rotatable bonds is 6. The molecule has 0 bridgehead atoms. The third-order valence-corrected chi connectivity index (χ3v) is 7.21. The average molecular weight is 491 g/mol. The van der Waals surface area contributed by atoms with Gasteiger partial charge >= 0.3 is 0 Å². The highest BCUT2D eigenvalue weighted by Crippen LogP contribution is 2.33. The van der Waals surface area contributed by atoms with Gasteiger partial charge in [0.2, 0.25) is 5.91 Å². The molecule has 2 aromatic carbocycles. The monoisotopic (exact) mass is 490 g/mol. The Labute approximate surface area is 206 Å². The molecule has 0 spiro atoms. The number of nitrogens with zero attached hydrogens (tertiary/aromatic N) is 3. The first-order chi connectivity index (χ1) is 16.4. The Bertz CT molecular complexity index is 1340. The van der Waals surface area contributed by atoms with E-state index in [-0.39, 0.29) is 24.9 Å². The summed E-state index contributed by atoms with van der Waals surface area (Å²) in [5.74, 6) is -0.468. The molecule has 6 nitrogen and oxygen atoms in total. The summed E-state index contributed by atoms with van der Waals surface area (Å²) >= 11 is 7.76. The molecule has 172 valence electrons. The van der Waals surface area contributed by atoms with Crippen LogP contribution < -0.4 is 5.32 Å². The van der Waals surface area contributed by atoms with Crippen LogP contribution in [-0.4, -0.2) is 32.0 Å². The molecule has 0 saturated carbocycles. The van der Waals surface area contributed by atoms with Gasteiger partial charge < -0.3 is 10.2 Å². The van der Waals surface area contributed by atoms with E-state index < -0.39 is 5.54 Å². The zero-order chi connectivity index (χ0) is 23.7. The SMILES string of the molecule is C[C@]1(C(=O)NCc2ccccc2)Cn2nc(-c3cccs3)cc2C(=O)N1Cc1cccc(Cl)c1. The lowest BCUT2D eigenvalue weighted by Crippen LogP contribution is -2.63. The second kappa shape index (κ2) is 9.08. The molecule has 4 aromatic rings. The average Bonchev–Trinajstić information content (AvgIpc) is 3.51. The number of nitrogens with one attached hydrogen (secondary N) is 1. The van der Waals surface area contributed by atoms with Crippen LogP contribution in [0.1, 0.15) is 28.5 Å². The van der Waals surface area contributed by atoms with Crippen LogP contribution in [0.4, 0.5) is 0 Å². The summed E-state index contributed by atoms with van der Waals surface area (Å²) in [4.78, 5) is 29.9. The zero-order valence-corrected chi connectivity index (χ0v) is 20.1. The Morgan fingerprint density at radius 1 is 1.09 bits per heavy atom. The Hall–Kier alpha value is -3.42. The Morgan fingerprint density at radius 2 is 1.88 bits per heavy atom. The van der Waals surface area contributed by atoms with E-state index in [1.807, 2.05) is 66.0 Å². The molecule has 0 radical (unpaired) electrons. The van der Waals surface area contributed by atoms with Gasteiger partial charge in [-0.1, -0.05) is 60.1 Å². The van der Waals surface area contributed by atoms with Gasteiger partial charge in [-0.15, -0.1) is 11.3 Å². The summed E-state index contributed by atoms with van der Waals surface area (Å²) in [6.45, 7) is 2.68. The highest BCUT2D eigenvalue weighted by Gasteiger charge is 2.48. The van der Waals surface area contributed by atoms with Gasteiger partial charge in [-0.05, 0) is 47.7 Å². The van der Waals surface area contributed by atoms with Gasteiger partial charge in [0, 0.05) is 18.1 Å². The predicted molar refractivity (Wildman–Crippen MR) is 134 cm³/mol. The van der Waals surface area contributed by atoms with Crippen LogP contribution in [0.3, 0.4) is 0 Å². The van der Waals surface area contributed by atoms with E-state index in [1.54, 1.807) is 40.0 Å². The van der Waals surface area contributed by atoms with Gasteiger partial charge in [-0.3, -0.25) is 14.3 Å². The number of hydrogen-bond acceptors (Lipinski definition) is 4. The molecule has 8 heteroatoms. The second-order valence-corrected chi connectivity index (χ2v) is 9.90. The van der Waals surface area contributed by atoms with Gasteiger partial charge in [0.05, 0.1) is 11.4 Å². The molecule has 1 N–H and O–H groups in total. The maximum absolute atomic E-state index is 13.7. The van der Waals surface area contributed by atoms with Gasteiger partial charge in [0.15, 0.2) is 0 Å². The number of benzene rings is 2. The number of fused-ring (bicyclic) bond motifs is 1. The normalized spacial score (nSPS) is 17.5. The number of carbonyl (C=O) groups excluding carboxylic acids is 2. The summed E-state index contributed by atoms with van der Waals surface area (Å²) in [6, 6.07) is 22.8. The van der Waals surface area contributed by atoms with Crippen molar-refractivity contribution in [1.29, 1.82) is 0 Å². The minimum Gasteiger partial charge on any atom is -0.350 e. The third-order valence-electron chi connectivity index (χ3n) is 6.09. The van der Waals surface area contributed by atoms with Crippen molar-refractivity contribution in [2.24, 2.45) is 0 Å². The van der Waals surface area contributed by atoms with Crippen LogP contribution in [0.2, 0.25) is 5.02 Å². The van der Waals surface area contributed by atoms with Crippen molar-refractivity contribution >= 4 is 34.8 Å². The smallest absolute Gasteiger partial charge is 0.273 e. The molecule has 5 rings (SSSR count). The molecule has 3 heterocycles. The van der Waals surface area contributed by atoms with Crippen molar-refractivity contribution in [2.75, 3.05) is 0 Å². The number of hydrogen-bond donors (Lipinski definition) is 1. The summed E-state index contributed by atoms with van der Waals surface area (Å²) in [7, 11) is 0. The summed E-state index contributed by atoms with van der Waals surface area (Å²) in [5, 5.41) is 10.3. The molecule has 0 unspecified atom stereocenters. The van der Waals surface area contributed by atoms with E-state index in [9.17, 15) is 9.59 Å². The van der Waals surface area contributed by atoms with E-state index >= 15 is 0 Å². The minimum atomic E-state index is -1.14. The highest BCUT2D eigenvalue weighted by atomic mass is 35.5. The van der Waals surface area contributed by atoms with Crippen LogP contribution in [0.25, 0.3) is 10.6 Å². The highest BCUT2D eigenvalue weighted by molar-refractivity contribution is 7.13. The lowest BCUT2D eigenvalue weighted by Gasteiger charge is -2.43. The summed E-state index contributed by atoms with van der Waals surface area (Å²) in [6.07, 6.45) is 0. The van der Waals surface area contributed by atoms with Gasteiger partial charge in [0.25, 0.3) is 5.91 Å². The van der Waals surface area contributed by atoms with E-state index in [0.29, 0.717) is 17.3 Å². The number of aromatic nitrogens is 2. The van der Waals surface area contributed by atoms with Crippen LogP contribution in [-0.2, 0) is 24.4 Å². The van der Waals surface area contributed by atoms with Crippen LogP contribution >= 0.6 is 22.9 Å². The van der Waals surface area contributed by atoms with E-state index in [4.69, 9.17) is 11.6 Å². The largest absolute Gasteiger partial charge is 0.350 e. The van der Waals surface area contributed by atoms with Crippen molar-refractivity contribution in [1.82, 2.24) is 20.0 Å². The number of thiophene rings is 1. The van der Waals surface area contributed by atoms with E-state index in [2.05, 4.69) is 10.4 Å². The fourth-order valence-electron chi connectivity index (χ4n) is 4.22. The van der Waals surface area contributed by atoms with Gasteiger partial charge in [-0.2, -0.15) is 5.10 Å². The van der Waals surface area contributed by atoms with Crippen LogP contribution in [0.5, 0.6) is 0 Å². The molecule has 0 saturated heterocycles. The first-order valence-corrected chi connectivity index (χ1v) is 12.2. The molecule has 1 atom stereocenters. The maximum atomic E-state index is 13.7. The minimum absolute atomic E-state index is 0.231. The number of amides is 2. The number of halogens is 1. The summed E-state index contributed by atoms with van der Waals surface area (Å²) < 4.78 is 1.66. The van der Waals surface area contributed by atoms with Crippen molar-refractivity contribution in [3.05, 3.63) is 100 Å². The Morgan fingerprint density at radius 3 is 2.62 bits per heavy atom. The zero-order valence-electron chi connectivity index (χ0n) is 18.6. The lowest BCUT2D eigenvalue weighted by atomic mass is 9.94. The molecule has 0 aliphatic carbocycles. The summed E-state index contributed by atoms with van der Waals surface area (Å²) in [5.41, 5.74) is 1.91. The molecule has 0 fully saturated rings. The molecule has 2 aromatic heterocycles. The molecule has 2 amide bonds. The second-order valence-electron chi connectivity index (χ2n) is 8.51. The molecule has 1 aliphatic rings.